The summed E-state index contributed by atoms with van der Waals surface area (Å²) in [6.45, 7) is 5.66. The van der Waals surface area contributed by atoms with E-state index in [1.54, 1.807) is 0 Å². The van der Waals surface area contributed by atoms with E-state index in [0.29, 0.717) is 31.4 Å². The van der Waals surface area contributed by atoms with Gasteiger partial charge in [0.25, 0.3) is 5.56 Å². The smallest absolute Gasteiger partial charge is 0.251 e. The van der Waals surface area contributed by atoms with Crippen molar-refractivity contribution >= 4 is 11.6 Å². The lowest BCUT2D eigenvalue weighted by Gasteiger charge is -2.09. The first-order chi connectivity index (χ1) is 8.99. The highest BCUT2D eigenvalue weighted by atomic mass is 16.5. The molecule has 0 bridgehead atoms. The maximum atomic E-state index is 11.6. The van der Waals surface area contributed by atoms with Crippen LogP contribution in [0.1, 0.15) is 13.8 Å². The minimum Gasteiger partial charge on any atom is -0.398 e. The predicted octanol–water partition coefficient (Wildman–Crippen LogP) is 0.219. The molecular formula is C13H21N3O3. The van der Waals surface area contributed by atoms with E-state index in [0.717, 1.165) is 0 Å². The van der Waals surface area contributed by atoms with Crippen LogP contribution in [0, 0.1) is 5.92 Å². The number of anilines is 1. The van der Waals surface area contributed by atoms with Gasteiger partial charge in [0, 0.05) is 31.1 Å². The molecule has 0 fully saturated rings. The first kappa shape index (κ1) is 15.2. The van der Waals surface area contributed by atoms with Crippen molar-refractivity contribution in [3.63, 3.8) is 0 Å². The van der Waals surface area contributed by atoms with Gasteiger partial charge in [-0.15, -0.1) is 0 Å². The topological polar surface area (TPSA) is 86.3 Å². The fraction of sp³-hybridized carbons (Fsp3) is 0.538. The van der Waals surface area contributed by atoms with Gasteiger partial charge in [-0.3, -0.25) is 9.59 Å². The molecule has 106 valence electrons. The molecule has 0 aromatic carbocycles. The molecule has 0 radical (unpaired) electrons. The normalized spacial score (nSPS) is 10.7. The van der Waals surface area contributed by atoms with E-state index in [2.05, 4.69) is 19.2 Å². The molecule has 0 aliphatic carbocycles. The van der Waals surface area contributed by atoms with Gasteiger partial charge in [-0.1, -0.05) is 13.8 Å². The molecule has 3 N–H and O–H groups in total. The first-order valence-electron chi connectivity index (χ1n) is 6.29. The largest absolute Gasteiger partial charge is 0.398 e. The van der Waals surface area contributed by atoms with Gasteiger partial charge in [-0.05, 0) is 12.0 Å². The lowest BCUT2D eigenvalue weighted by Crippen LogP contribution is -2.34. The van der Waals surface area contributed by atoms with Crippen molar-refractivity contribution in [2.75, 3.05) is 25.5 Å². The molecule has 1 rings (SSSR count). The number of nitrogen functional groups attached to an aromatic ring is 1. The Kier molecular flexibility index (Phi) is 6.08. The lowest BCUT2D eigenvalue weighted by atomic mass is 10.2. The monoisotopic (exact) mass is 267 g/mol. The number of nitrogens with one attached hydrogen (secondary N) is 1. The zero-order chi connectivity index (χ0) is 14.3. The molecule has 19 heavy (non-hydrogen) atoms. The van der Waals surface area contributed by atoms with Gasteiger partial charge in [0.2, 0.25) is 5.91 Å². The Morgan fingerprint density at radius 2 is 2.21 bits per heavy atom. The minimum absolute atomic E-state index is 0.0337. The Labute approximate surface area is 112 Å². The van der Waals surface area contributed by atoms with Gasteiger partial charge in [-0.2, -0.15) is 0 Å². The second kappa shape index (κ2) is 7.58. The quantitative estimate of drug-likeness (QED) is 0.692. The van der Waals surface area contributed by atoms with E-state index in [1.165, 1.54) is 22.9 Å². The molecule has 0 saturated heterocycles. The van der Waals surface area contributed by atoms with Crippen LogP contribution in [0.15, 0.2) is 23.1 Å². The van der Waals surface area contributed by atoms with Crippen LogP contribution in [-0.4, -0.2) is 30.2 Å². The highest BCUT2D eigenvalue weighted by molar-refractivity contribution is 5.75. The molecule has 6 heteroatoms. The van der Waals surface area contributed by atoms with Crippen molar-refractivity contribution in [2.24, 2.45) is 5.92 Å². The summed E-state index contributed by atoms with van der Waals surface area (Å²) in [5.74, 6) is 0.238. The fourth-order valence-electron chi connectivity index (χ4n) is 1.47. The second-order valence-corrected chi connectivity index (χ2v) is 4.75. The number of amides is 1. The van der Waals surface area contributed by atoms with Gasteiger partial charge in [0.1, 0.15) is 6.54 Å². The van der Waals surface area contributed by atoms with E-state index in [-0.39, 0.29) is 18.0 Å². The molecule has 1 aromatic heterocycles. The van der Waals surface area contributed by atoms with Crippen LogP contribution in [0.4, 0.5) is 5.69 Å². The number of rotatable bonds is 7. The summed E-state index contributed by atoms with van der Waals surface area (Å²) in [4.78, 5) is 23.1. The minimum atomic E-state index is -0.250. The molecule has 1 aromatic rings. The van der Waals surface area contributed by atoms with Crippen LogP contribution < -0.4 is 16.6 Å². The number of ether oxygens (including phenoxy) is 1. The van der Waals surface area contributed by atoms with Crippen molar-refractivity contribution < 1.29 is 9.53 Å². The number of carbonyl (C=O) groups excluding carboxylic acids is 1. The van der Waals surface area contributed by atoms with E-state index < -0.39 is 0 Å². The van der Waals surface area contributed by atoms with E-state index in [1.807, 2.05) is 0 Å². The Morgan fingerprint density at radius 1 is 1.47 bits per heavy atom. The lowest BCUT2D eigenvalue weighted by molar-refractivity contribution is -0.121. The molecular weight excluding hydrogens is 246 g/mol. The van der Waals surface area contributed by atoms with Crippen LogP contribution in [0.2, 0.25) is 0 Å². The van der Waals surface area contributed by atoms with Crippen LogP contribution in [0.25, 0.3) is 0 Å². The van der Waals surface area contributed by atoms with Crippen molar-refractivity contribution in [3.05, 3.63) is 28.7 Å². The van der Waals surface area contributed by atoms with Crippen molar-refractivity contribution in [1.82, 2.24) is 9.88 Å². The summed E-state index contributed by atoms with van der Waals surface area (Å²) in [6, 6.07) is 2.85. The van der Waals surface area contributed by atoms with Gasteiger partial charge >= 0.3 is 0 Å². The summed E-state index contributed by atoms with van der Waals surface area (Å²) < 4.78 is 6.61. The number of nitrogens with two attached hydrogens (primary N) is 1. The van der Waals surface area contributed by atoms with Gasteiger partial charge in [0.15, 0.2) is 0 Å². The highest BCUT2D eigenvalue weighted by Crippen LogP contribution is 1.95. The van der Waals surface area contributed by atoms with Gasteiger partial charge < -0.3 is 20.4 Å². The van der Waals surface area contributed by atoms with Crippen molar-refractivity contribution in [2.45, 2.75) is 20.4 Å². The number of nitrogens with zero attached hydrogens (tertiary/aromatic N) is 1. The molecule has 0 aliphatic rings. The summed E-state index contributed by atoms with van der Waals surface area (Å²) >= 11 is 0. The van der Waals surface area contributed by atoms with Crippen LogP contribution in [0.5, 0.6) is 0 Å². The van der Waals surface area contributed by atoms with Crippen molar-refractivity contribution in [1.29, 1.82) is 0 Å². The Bertz CT molecular complexity index is 468. The third-order valence-electron chi connectivity index (χ3n) is 2.34. The maximum absolute atomic E-state index is 11.6. The average Bonchev–Trinajstić information content (AvgIpc) is 2.33. The Balaban J connectivity index is 2.31. The average molecular weight is 267 g/mol. The number of aromatic nitrogens is 1. The number of pyridine rings is 1. The first-order valence-corrected chi connectivity index (χ1v) is 6.29. The summed E-state index contributed by atoms with van der Waals surface area (Å²) in [7, 11) is 0. The zero-order valence-corrected chi connectivity index (χ0v) is 11.4. The molecule has 1 amide bonds. The third-order valence-corrected chi connectivity index (χ3v) is 2.34. The fourth-order valence-corrected chi connectivity index (χ4v) is 1.47. The number of hydrogen-bond acceptors (Lipinski definition) is 4. The number of hydrogen-bond donors (Lipinski definition) is 2. The summed E-state index contributed by atoms with van der Waals surface area (Å²) in [5.41, 5.74) is 5.76. The molecule has 1 heterocycles. The summed E-state index contributed by atoms with van der Waals surface area (Å²) in [6.07, 6.45) is 1.46. The van der Waals surface area contributed by atoms with Gasteiger partial charge in [-0.25, -0.2) is 0 Å². The molecule has 0 atom stereocenters. The van der Waals surface area contributed by atoms with E-state index in [4.69, 9.17) is 10.5 Å². The zero-order valence-electron chi connectivity index (χ0n) is 11.4. The van der Waals surface area contributed by atoms with Crippen LogP contribution in [0.3, 0.4) is 0 Å². The molecule has 0 aliphatic heterocycles. The molecule has 6 nitrogen and oxygen atoms in total. The second-order valence-electron chi connectivity index (χ2n) is 4.75. The molecule has 0 spiro atoms. The van der Waals surface area contributed by atoms with Crippen molar-refractivity contribution in [3.8, 4) is 0 Å². The van der Waals surface area contributed by atoms with Crippen LogP contribution in [-0.2, 0) is 16.1 Å². The number of carbonyl (C=O) groups is 1. The van der Waals surface area contributed by atoms with Gasteiger partial charge in [0.05, 0.1) is 6.61 Å². The third kappa shape index (κ3) is 6.05. The molecule has 0 unspecified atom stereocenters. The molecule has 0 saturated carbocycles. The Morgan fingerprint density at radius 3 is 2.89 bits per heavy atom. The standard InChI is InChI=1S/C13H21N3O3/c1-10(2)9-19-6-5-15-12(17)8-16-7-11(14)3-4-13(16)18/h3-4,7,10H,5-6,8-9,14H2,1-2H3,(H,15,17). The predicted molar refractivity (Wildman–Crippen MR) is 73.8 cm³/mol. The van der Waals surface area contributed by atoms with Crippen LogP contribution >= 0.6 is 0 Å². The SMILES string of the molecule is CC(C)COCCNC(=O)Cn1cc(N)ccc1=O. The maximum Gasteiger partial charge on any atom is 0.251 e. The summed E-state index contributed by atoms with van der Waals surface area (Å²) in [5, 5.41) is 2.69. The van der Waals surface area contributed by atoms with E-state index >= 15 is 0 Å². The Hall–Kier alpha value is -1.82. The van der Waals surface area contributed by atoms with E-state index in [9.17, 15) is 9.59 Å². The highest BCUT2D eigenvalue weighted by Gasteiger charge is 2.04.